The number of halogens is 3. The van der Waals surface area contributed by atoms with Crippen LogP contribution in [0.25, 0.3) is 17.1 Å². The molecular weight excluding hydrogens is 561 g/mol. The number of alkyl halides is 3. The van der Waals surface area contributed by atoms with Crippen LogP contribution in [0.1, 0.15) is 21.5 Å². The molecule has 5 aromatic rings. The zero-order chi connectivity index (χ0) is 30.4. The molecule has 0 bridgehead atoms. The molecule has 0 fully saturated rings. The number of amides is 1. The highest BCUT2D eigenvalue weighted by atomic mass is 19.4. The molecule has 0 aliphatic heterocycles. The van der Waals surface area contributed by atoms with E-state index in [4.69, 9.17) is 14.2 Å². The standard InChI is InChI=1S/C32H27F3N4O4/c1-41-27-15-3-21(4-16-27)19-20-43-31-37-29(22-7-17-28(42-2)18-8-22)39(38-31)26-13-11-25(12-14-26)36-30(40)23-5-9-24(10-6-23)32(33,34)35/h3-18H,19-20H2,1-2H3,(H,36,40). The summed E-state index contributed by atoms with van der Waals surface area (Å²) >= 11 is 0. The highest BCUT2D eigenvalue weighted by Gasteiger charge is 2.30. The van der Waals surface area contributed by atoms with Crippen molar-refractivity contribution < 1.29 is 32.2 Å². The van der Waals surface area contributed by atoms with Gasteiger partial charge in [-0.05, 0) is 90.5 Å². The second-order valence-corrected chi connectivity index (χ2v) is 9.38. The minimum Gasteiger partial charge on any atom is -0.497 e. The normalized spacial score (nSPS) is 11.2. The quantitative estimate of drug-likeness (QED) is 0.192. The molecule has 0 aliphatic rings. The van der Waals surface area contributed by atoms with Gasteiger partial charge in [0.15, 0.2) is 5.82 Å². The van der Waals surface area contributed by atoms with Gasteiger partial charge in [0.1, 0.15) is 11.5 Å². The summed E-state index contributed by atoms with van der Waals surface area (Å²) in [6.45, 7) is 0.354. The first-order valence-corrected chi connectivity index (χ1v) is 13.2. The average Bonchev–Trinajstić information content (AvgIpc) is 3.45. The third-order valence-electron chi connectivity index (χ3n) is 6.56. The maximum atomic E-state index is 12.8. The number of nitrogens with one attached hydrogen (secondary N) is 1. The number of anilines is 1. The van der Waals surface area contributed by atoms with Gasteiger partial charge in [-0.15, -0.1) is 5.10 Å². The van der Waals surface area contributed by atoms with E-state index in [1.165, 1.54) is 0 Å². The topological polar surface area (TPSA) is 87.5 Å². The number of hydrogen-bond acceptors (Lipinski definition) is 6. The Labute approximate surface area is 245 Å². The van der Waals surface area contributed by atoms with Crippen molar-refractivity contribution in [3.63, 3.8) is 0 Å². The number of benzene rings is 4. The Kier molecular flexibility index (Phi) is 8.61. The third-order valence-corrected chi connectivity index (χ3v) is 6.56. The summed E-state index contributed by atoms with van der Waals surface area (Å²) < 4.78 is 56.5. The van der Waals surface area contributed by atoms with Gasteiger partial charge in [0.05, 0.1) is 32.1 Å². The Balaban J connectivity index is 1.33. The van der Waals surface area contributed by atoms with Crippen LogP contribution in [-0.2, 0) is 12.6 Å². The van der Waals surface area contributed by atoms with Crippen molar-refractivity contribution in [3.8, 4) is 34.6 Å². The fraction of sp³-hybridized carbons (Fsp3) is 0.156. The van der Waals surface area contributed by atoms with Crippen molar-refractivity contribution in [2.24, 2.45) is 0 Å². The number of carbonyl (C=O) groups excluding carboxylic acids is 1. The number of carbonyl (C=O) groups is 1. The van der Waals surface area contributed by atoms with E-state index in [2.05, 4.69) is 15.4 Å². The van der Waals surface area contributed by atoms with E-state index < -0.39 is 17.6 Å². The van der Waals surface area contributed by atoms with E-state index in [-0.39, 0.29) is 11.6 Å². The summed E-state index contributed by atoms with van der Waals surface area (Å²) in [4.78, 5) is 17.2. The Morgan fingerprint density at radius 1 is 0.814 bits per heavy atom. The zero-order valence-corrected chi connectivity index (χ0v) is 23.3. The van der Waals surface area contributed by atoms with Crippen molar-refractivity contribution in [1.82, 2.24) is 14.8 Å². The zero-order valence-electron chi connectivity index (χ0n) is 23.3. The molecule has 1 N–H and O–H groups in total. The molecule has 1 amide bonds. The Morgan fingerprint density at radius 3 is 2.00 bits per heavy atom. The smallest absolute Gasteiger partial charge is 0.416 e. The minimum absolute atomic E-state index is 0.103. The van der Waals surface area contributed by atoms with Gasteiger partial charge in [0, 0.05) is 23.2 Å². The van der Waals surface area contributed by atoms with Gasteiger partial charge in [-0.3, -0.25) is 4.79 Å². The van der Waals surface area contributed by atoms with Crippen LogP contribution in [0.3, 0.4) is 0 Å². The SMILES string of the molecule is COc1ccc(CCOc2nc(-c3ccc(OC)cc3)n(-c3ccc(NC(=O)c4ccc(C(F)(F)F)cc4)cc3)n2)cc1. The Bertz CT molecular complexity index is 1670. The highest BCUT2D eigenvalue weighted by molar-refractivity contribution is 6.04. The molecule has 0 radical (unpaired) electrons. The molecule has 0 saturated carbocycles. The molecule has 1 heterocycles. The predicted molar refractivity (Wildman–Crippen MR) is 155 cm³/mol. The largest absolute Gasteiger partial charge is 0.497 e. The molecule has 43 heavy (non-hydrogen) atoms. The van der Waals surface area contributed by atoms with Crippen molar-refractivity contribution >= 4 is 11.6 Å². The van der Waals surface area contributed by atoms with Gasteiger partial charge >= 0.3 is 12.2 Å². The number of nitrogens with zero attached hydrogens (tertiary/aromatic N) is 3. The molecule has 11 heteroatoms. The first kappa shape index (κ1) is 29.2. The Morgan fingerprint density at radius 2 is 1.42 bits per heavy atom. The fourth-order valence-corrected chi connectivity index (χ4v) is 4.21. The molecule has 220 valence electrons. The van der Waals surface area contributed by atoms with E-state index >= 15 is 0 Å². The lowest BCUT2D eigenvalue weighted by Gasteiger charge is -2.10. The summed E-state index contributed by atoms with van der Waals surface area (Å²) in [6, 6.07) is 26.1. The van der Waals surface area contributed by atoms with Gasteiger partial charge in [-0.2, -0.15) is 18.2 Å². The molecule has 0 spiro atoms. The lowest BCUT2D eigenvalue weighted by atomic mass is 10.1. The minimum atomic E-state index is -4.47. The molecule has 1 aromatic heterocycles. The molecule has 0 unspecified atom stereocenters. The van der Waals surface area contributed by atoms with Crippen molar-refractivity contribution in [3.05, 3.63) is 114 Å². The summed E-state index contributed by atoms with van der Waals surface area (Å²) in [5.41, 5.74) is 2.23. The van der Waals surface area contributed by atoms with E-state index in [1.807, 2.05) is 48.5 Å². The first-order chi connectivity index (χ1) is 20.7. The second-order valence-electron chi connectivity index (χ2n) is 9.38. The van der Waals surface area contributed by atoms with Gasteiger partial charge in [-0.25, -0.2) is 4.68 Å². The monoisotopic (exact) mass is 588 g/mol. The molecule has 0 atom stereocenters. The number of methoxy groups -OCH3 is 2. The van der Waals surface area contributed by atoms with E-state index in [0.29, 0.717) is 36.0 Å². The number of rotatable bonds is 10. The van der Waals surface area contributed by atoms with Crippen LogP contribution < -0.4 is 19.5 Å². The highest BCUT2D eigenvalue weighted by Crippen LogP contribution is 2.30. The van der Waals surface area contributed by atoms with Crippen LogP contribution >= 0.6 is 0 Å². The average molecular weight is 589 g/mol. The van der Waals surface area contributed by atoms with Crippen LogP contribution in [0.5, 0.6) is 17.5 Å². The number of hydrogen-bond donors (Lipinski definition) is 1. The third kappa shape index (κ3) is 7.13. The first-order valence-electron chi connectivity index (χ1n) is 13.2. The second kappa shape index (κ2) is 12.7. The van der Waals surface area contributed by atoms with Crippen molar-refractivity contribution in [2.45, 2.75) is 12.6 Å². The van der Waals surface area contributed by atoms with Crippen LogP contribution in [-0.4, -0.2) is 41.5 Å². The van der Waals surface area contributed by atoms with Crippen LogP contribution in [0.2, 0.25) is 0 Å². The Hall–Kier alpha value is -5.32. The number of ether oxygens (including phenoxy) is 3. The van der Waals surface area contributed by atoms with Gasteiger partial charge in [0.25, 0.3) is 5.91 Å². The predicted octanol–water partition coefficient (Wildman–Crippen LogP) is 6.84. The van der Waals surface area contributed by atoms with Crippen LogP contribution in [0, 0.1) is 0 Å². The molecule has 5 rings (SSSR count). The van der Waals surface area contributed by atoms with Crippen molar-refractivity contribution in [2.75, 3.05) is 26.1 Å². The van der Waals surface area contributed by atoms with Gasteiger partial charge in [-0.1, -0.05) is 12.1 Å². The molecular formula is C32H27F3N4O4. The molecule has 4 aromatic carbocycles. The van der Waals surface area contributed by atoms with Gasteiger partial charge < -0.3 is 19.5 Å². The van der Waals surface area contributed by atoms with E-state index in [9.17, 15) is 18.0 Å². The van der Waals surface area contributed by atoms with Crippen molar-refractivity contribution in [1.29, 1.82) is 0 Å². The summed E-state index contributed by atoms with van der Waals surface area (Å²) in [6.07, 6.45) is -3.83. The van der Waals surface area contributed by atoms with Crippen LogP contribution in [0.15, 0.2) is 97.1 Å². The molecule has 0 aliphatic carbocycles. The fourth-order valence-electron chi connectivity index (χ4n) is 4.21. The summed E-state index contributed by atoms with van der Waals surface area (Å²) in [5.74, 6) is 1.47. The lowest BCUT2D eigenvalue weighted by Crippen LogP contribution is -2.13. The number of aromatic nitrogens is 3. The molecule has 8 nitrogen and oxygen atoms in total. The lowest BCUT2D eigenvalue weighted by molar-refractivity contribution is -0.137. The van der Waals surface area contributed by atoms with Gasteiger partial charge in [0.2, 0.25) is 0 Å². The summed E-state index contributed by atoms with van der Waals surface area (Å²) in [5, 5.41) is 7.28. The molecule has 0 saturated heterocycles. The maximum Gasteiger partial charge on any atom is 0.416 e. The maximum absolute atomic E-state index is 12.8. The van der Waals surface area contributed by atoms with E-state index in [1.54, 1.807) is 43.2 Å². The summed E-state index contributed by atoms with van der Waals surface area (Å²) in [7, 11) is 3.21. The van der Waals surface area contributed by atoms with Crippen LogP contribution in [0.4, 0.5) is 18.9 Å². The van der Waals surface area contributed by atoms with E-state index in [0.717, 1.165) is 41.1 Å².